The second kappa shape index (κ2) is 7.29. The van der Waals surface area contributed by atoms with Crippen LogP contribution in [0.4, 0.5) is 18.9 Å². The van der Waals surface area contributed by atoms with Crippen LogP contribution >= 0.6 is 11.6 Å². The SMILES string of the molecule is C[C@H](C(=O)Nc1cc(C(F)(F)F)ccc1Cl)N1CCc2ccccc2C1. The predicted octanol–water partition coefficient (Wildman–Crippen LogP) is 4.74. The molecule has 1 heterocycles. The van der Waals surface area contributed by atoms with E-state index in [1.807, 2.05) is 23.1 Å². The van der Waals surface area contributed by atoms with Gasteiger partial charge in [0.25, 0.3) is 0 Å². The molecular weight excluding hydrogens is 365 g/mol. The molecule has 138 valence electrons. The van der Waals surface area contributed by atoms with Gasteiger partial charge in [-0.1, -0.05) is 35.9 Å². The van der Waals surface area contributed by atoms with E-state index in [1.54, 1.807) is 6.92 Å². The highest BCUT2D eigenvalue weighted by Gasteiger charge is 2.31. The van der Waals surface area contributed by atoms with Gasteiger partial charge in [-0.2, -0.15) is 13.2 Å². The quantitative estimate of drug-likeness (QED) is 0.831. The molecule has 0 fully saturated rings. The van der Waals surface area contributed by atoms with Crippen molar-refractivity contribution in [3.05, 3.63) is 64.2 Å². The van der Waals surface area contributed by atoms with Gasteiger partial charge in [0.1, 0.15) is 0 Å². The molecule has 0 unspecified atom stereocenters. The van der Waals surface area contributed by atoms with Crippen LogP contribution in [0.25, 0.3) is 0 Å². The van der Waals surface area contributed by atoms with Crippen molar-refractivity contribution in [3.8, 4) is 0 Å². The number of amides is 1. The van der Waals surface area contributed by atoms with Crippen LogP contribution in [0.3, 0.4) is 0 Å². The lowest BCUT2D eigenvalue weighted by atomic mass is 9.99. The van der Waals surface area contributed by atoms with Crippen LogP contribution in [0.2, 0.25) is 5.02 Å². The van der Waals surface area contributed by atoms with Gasteiger partial charge in [-0.25, -0.2) is 0 Å². The fourth-order valence-electron chi connectivity index (χ4n) is 3.05. The Morgan fingerprint density at radius 2 is 1.88 bits per heavy atom. The predicted molar refractivity (Wildman–Crippen MR) is 95.1 cm³/mol. The number of anilines is 1. The molecule has 0 saturated heterocycles. The first-order valence-electron chi connectivity index (χ1n) is 8.24. The Kier molecular flexibility index (Phi) is 5.25. The molecule has 3 rings (SSSR count). The van der Waals surface area contributed by atoms with Gasteiger partial charge in [-0.15, -0.1) is 0 Å². The van der Waals surface area contributed by atoms with Gasteiger partial charge in [0.05, 0.1) is 22.3 Å². The number of hydrogen-bond donors (Lipinski definition) is 1. The number of alkyl halides is 3. The van der Waals surface area contributed by atoms with Crippen LogP contribution in [0.5, 0.6) is 0 Å². The van der Waals surface area contributed by atoms with Crippen LogP contribution in [-0.2, 0) is 23.9 Å². The molecule has 2 aromatic carbocycles. The number of carbonyl (C=O) groups is 1. The highest BCUT2D eigenvalue weighted by Crippen LogP contribution is 2.34. The summed E-state index contributed by atoms with van der Waals surface area (Å²) in [6, 6.07) is 10.4. The summed E-state index contributed by atoms with van der Waals surface area (Å²) in [6.07, 6.45) is -3.66. The smallest absolute Gasteiger partial charge is 0.323 e. The Morgan fingerprint density at radius 1 is 1.19 bits per heavy atom. The van der Waals surface area contributed by atoms with Crippen molar-refractivity contribution >= 4 is 23.2 Å². The Labute approximate surface area is 154 Å². The summed E-state index contributed by atoms with van der Waals surface area (Å²) >= 11 is 5.95. The molecule has 1 aliphatic rings. The van der Waals surface area contributed by atoms with Crippen molar-refractivity contribution in [2.75, 3.05) is 11.9 Å². The molecular formula is C19H18ClF3N2O. The Morgan fingerprint density at radius 3 is 2.58 bits per heavy atom. The van der Waals surface area contributed by atoms with E-state index in [1.165, 1.54) is 5.56 Å². The first kappa shape index (κ1) is 18.7. The van der Waals surface area contributed by atoms with Gasteiger partial charge in [-0.05, 0) is 42.7 Å². The molecule has 1 amide bonds. The monoisotopic (exact) mass is 382 g/mol. The molecule has 3 nitrogen and oxygen atoms in total. The molecule has 7 heteroatoms. The maximum absolute atomic E-state index is 12.9. The molecule has 0 spiro atoms. The molecule has 0 bridgehead atoms. The van der Waals surface area contributed by atoms with Crippen molar-refractivity contribution in [1.82, 2.24) is 4.90 Å². The third-order valence-corrected chi connectivity index (χ3v) is 4.97. The molecule has 2 aromatic rings. The molecule has 1 N–H and O–H groups in total. The molecule has 0 aromatic heterocycles. The van der Waals surface area contributed by atoms with Crippen molar-refractivity contribution in [3.63, 3.8) is 0 Å². The number of rotatable bonds is 3. The maximum atomic E-state index is 12.9. The minimum absolute atomic E-state index is 0.0317. The summed E-state index contributed by atoms with van der Waals surface area (Å²) in [5.74, 6) is -0.384. The van der Waals surface area contributed by atoms with Gasteiger partial charge in [0.15, 0.2) is 0 Å². The summed E-state index contributed by atoms with van der Waals surface area (Å²) in [5.41, 5.74) is 1.54. The largest absolute Gasteiger partial charge is 0.416 e. The number of carbonyl (C=O) groups excluding carboxylic acids is 1. The van der Waals surface area contributed by atoms with E-state index >= 15 is 0 Å². The summed E-state index contributed by atoms with van der Waals surface area (Å²) in [6.45, 7) is 3.08. The van der Waals surface area contributed by atoms with Crippen LogP contribution in [0.1, 0.15) is 23.6 Å². The Bertz CT molecular complexity index is 823. The molecule has 1 atom stereocenters. The topological polar surface area (TPSA) is 32.3 Å². The maximum Gasteiger partial charge on any atom is 0.416 e. The zero-order valence-corrected chi connectivity index (χ0v) is 14.9. The van der Waals surface area contributed by atoms with Crippen LogP contribution in [-0.4, -0.2) is 23.4 Å². The number of hydrogen-bond acceptors (Lipinski definition) is 2. The zero-order valence-electron chi connectivity index (χ0n) is 14.1. The third kappa shape index (κ3) is 4.02. The minimum atomic E-state index is -4.49. The normalized spacial score (nSPS) is 16.0. The lowest BCUT2D eigenvalue weighted by Gasteiger charge is -2.33. The van der Waals surface area contributed by atoms with Crippen molar-refractivity contribution in [1.29, 1.82) is 0 Å². The summed E-state index contributed by atoms with van der Waals surface area (Å²) in [4.78, 5) is 14.5. The third-order valence-electron chi connectivity index (χ3n) is 4.64. The first-order valence-corrected chi connectivity index (χ1v) is 8.62. The highest BCUT2D eigenvalue weighted by molar-refractivity contribution is 6.33. The van der Waals surface area contributed by atoms with E-state index in [2.05, 4.69) is 11.4 Å². The molecule has 0 aliphatic carbocycles. The van der Waals surface area contributed by atoms with Crippen molar-refractivity contribution in [2.45, 2.75) is 32.1 Å². The Balaban J connectivity index is 1.72. The van der Waals surface area contributed by atoms with E-state index in [0.29, 0.717) is 13.1 Å². The number of nitrogens with one attached hydrogen (secondary N) is 1. The molecule has 1 aliphatic heterocycles. The van der Waals surface area contributed by atoms with Gasteiger partial charge in [0.2, 0.25) is 5.91 Å². The second-order valence-corrected chi connectivity index (χ2v) is 6.75. The average molecular weight is 383 g/mol. The number of nitrogens with zero attached hydrogens (tertiary/aromatic N) is 1. The first-order chi connectivity index (χ1) is 12.3. The van der Waals surface area contributed by atoms with Gasteiger partial charge in [-0.3, -0.25) is 9.69 Å². The molecule has 0 radical (unpaired) electrons. The highest BCUT2D eigenvalue weighted by atomic mass is 35.5. The van der Waals surface area contributed by atoms with Crippen LogP contribution < -0.4 is 5.32 Å². The van der Waals surface area contributed by atoms with E-state index in [0.717, 1.165) is 30.2 Å². The Hall–Kier alpha value is -2.05. The molecule has 26 heavy (non-hydrogen) atoms. The lowest BCUT2D eigenvalue weighted by Crippen LogP contribution is -2.44. The summed E-state index contributed by atoms with van der Waals surface area (Å²) < 4.78 is 38.6. The lowest BCUT2D eigenvalue weighted by molar-refractivity contribution is -0.137. The zero-order chi connectivity index (χ0) is 18.9. The van der Waals surface area contributed by atoms with E-state index < -0.39 is 17.8 Å². The fraction of sp³-hybridized carbons (Fsp3) is 0.316. The fourth-order valence-corrected chi connectivity index (χ4v) is 3.21. The number of halogens is 4. The van der Waals surface area contributed by atoms with Gasteiger partial charge < -0.3 is 5.32 Å². The van der Waals surface area contributed by atoms with Gasteiger partial charge in [0, 0.05) is 13.1 Å². The minimum Gasteiger partial charge on any atom is -0.323 e. The number of fused-ring (bicyclic) bond motifs is 1. The van der Waals surface area contributed by atoms with Crippen molar-refractivity contribution < 1.29 is 18.0 Å². The van der Waals surface area contributed by atoms with E-state index in [-0.39, 0.29) is 16.6 Å². The number of benzene rings is 2. The van der Waals surface area contributed by atoms with Gasteiger partial charge >= 0.3 is 6.18 Å². The molecule has 0 saturated carbocycles. The standard InChI is InChI=1S/C19H18ClF3N2O/c1-12(25-9-8-13-4-2-3-5-14(13)11-25)18(26)24-17-10-15(19(21,22)23)6-7-16(17)20/h2-7,10,12H,8-9,11H2,1H3,(H,24,26)/t12-/m1/s1. The van der Waals surface area contributed by atoms with E-state index in [4.69, 9.17) is 11.6 Å². The van der Waals surface area contributed by atoms with E-state index in [9.17, 15) is 18.0 Å². The summed E-state index contributed by atoms with van der Waals surface area (Å²) in [7, 11) is 0. The van der Waals surface area contributed by atoms with Crippen LogP contribution in [0, 0.1) is 0 Å². The second-order valence-electron chi connectivity index (χ2n) is 6.35. The summed E-state index contributed by atoms with van der Waals surface area (Å²) in [5, 5.41) is 2.60. The van der Waals surface area contributed by atoms with Crippen molar-refractivity contribution in [2.24, 2.45) is 0 Å². The average Bonchev–Trinajstić information content (AvgIpc) is 2.61. The van der Waals surface area contributed by atoms with Crippen LogP contribution in [0.15, 0.2) is 42.5 Å².